The Morgan fingerprint density at radius 3 is 2.25 bits per heavy atom. The first-order valence-corrected chi connectivity index (χ1v) is 7.67. The van der Waals surface area contributed by atoms with Gasteiger partial charge in [0.15, 0.2) is 0 Å². The first kappa shape index (κ1) is 15.7. The van der Waals surface area contributed by atoms with Gasteiger partial charge < -0.3 is 9.15 Å². The minimum atomic E-state index is -0.700. The molecule has 0 aliphatic rings. The lowest BCUT2D eigenvalue weighted by Gasteiger charge is -2.10. The Bertz CT molecular complexity index is 896. The highest BCUT2D eigenvalue weighted by Gasteiger charge is 2.22. The molecule has 1 heterocycles. The van der Waals surface area contributed by atoms with Crippen LogP contribution in [0.25, 0.3) is 11.3 Å². The van der Waals surface area contributed by atoms with Crippen LogP contribution in [0.2, 0.25) is 0 Å². The molecule has 120 valence electrons. The SMILES string of the molecule is CCOc1cc(-c2ccccc2)oc(=O)c1C(=O)c1ccccc1. The quantitative estimate of drug-likeness (QED) is 0.668. The Labute approximate surface area is 139 Å². The molecule has 0 saturated heterocycles. The number of rotatable bonds is 5. The monoisotopic (exact) mass is 320 g/mol. The van der Waals surface area contributed by atoms with Crippen molar-refractivity contribution < 1.29 is 13.9 Å². The maximum Gasteiger partial charge on any atom is 0.351 e. The van der Waals surface area contributed by atoms with Crippen molar-refractivity contribution in [2.24, 2.45) is 0 Å². The molecule has 4 nitrogen and oxygen atoms in total. The van der Waals surface area contributed by atoms with Crippen molar-refractivity contribution in [1.82, 2.24) is 0 Å². The Morgan fingerprint density at radius 2 is 1.62 bits per heavy atom. The van der Waals surface area contributed by atoms with Crippen molar-refractivity contribution in [3.63, 3.8) is 0 Å². The van der Waals surface area contributed by atoms with Crippen molar-refractivity contribution >= 4 is 5.78 Å². The van der Waals surface area contributed by atoms with E-state index in [-0.39, 0.29) is 11.3 Å². The number of benzene rings is 2. The van der Waals surface area contributed by atoms with Crippen LogP contribution in [0.5, 0.6) is 5.75 Å². The highest BCUT2D eigenvalue weighted by Crippen LogP contribution is 2.26. The van der Waals surface area contributed by atoms with Gasteiger partial charge in [-0.2, -0.15) is 0 Å². The van der Waals surface area contributed by atoms with Crippen LogP contribution in [-0.2, 0) is 0 Å². The summed E-state index contributed by atoms with van der Waals surface area (Å²) in [5, 5.41) is 0. The first-order chi connectivity index (χ1) is 11.7. The van der Waals surface area contributed by atoms with Crippen molar-refractivity contribution in [3.05, 3.63) is 88.3 Å². The topological polar surface area (TPSA) is 56.5 Å². The smallest absolute Gasteiger partial charge is 0.351 e. The molecule has 1 aromatic heterocycles. The molecule has 3 rings (SSSR count). The number of ketones is 1. The lowest BCUT2D eigenvalue weighted by atomic mass is 10.0. The Balaban J connectivity index is 2.13. The molecule has 0 saturated carbocycles. The second-order valence-electron chi connectivity index (χ2n) is 5.13. The van der Waals surface area contributed by atoms with Gasteiger partial charge >= 0.3 is 5.63 Å². The summed E-state index contributed by atoms with van der Waals surface area (Å²) in [6.07, 6.45) is 0. The molecule has 2 aromatic carbocycles. The zero-order chi connectivity index (χ0) is 16.9. The zero-order valence-electron chi connectivity index (χ0n) is 13.2. The summed E-state index contributed by atoms with van der Waals surface area (Å²) in [5.74, 6) is 0.197. The molecule has 3 aromatic rings. The fourth-order valence-corrected chi connectivity index (χ4v) is 2.42. The standard InChI is InChI=1S/C20H16O4/c1-2-23-17-13-16(14-9-5-3-6-10-14)24-20(22)18(17)19(21)15-11-7-4-8-12-15/h3-13H,2H2,1H3. The van der Waals surface area contributed by atoms with Crippen LogP contribution in [0.3, 0.4) is 0 Å². The second-order valence-corrected chi connectivity index (χ2v) is 5.13. The van der Waals surface area contributed by atoms with Crippen LogP contribution < -0.4 is 10.4 Å². The molecule has 0 radical (unpaired) electrons. The fourth-order valence-electron chi connectivity index (χ4n) is 2.42. The maximum absolute atomic E-state index is 12.7. The first-order valence-electron chi connectivity index (χ1n) is 7.67. The van der Waals surface area contributed by atoms with E-state index in [0.717, 1.165) is 5.56 Å². The van der Waals surface area contributed by atoms with Crippen LogP contribution in [0.1, 0.15) is 22.8 Å². The largest absolute Gasteiger partial charge is 0.493 e. The van der Waals surface area contributed by atoms with Crippen LogP contribution in [0, 0.1) is 0 Å². The van der Waals surface area contributed by atoms with Crippen LogP contribution in [0.4, 0.5) is 0 Å². The van der Waals surface area contributed by atoms with Crippen LogP contribution >= 0.6 is 0 Å². The lowest BCUT2D eigenvalue weighted by molar-refractivity contribution is 0.103. The van der Waals surface area contributed by atoms with Crippen molar-refractivity contribution in [2.45, 2.75) is 6.92 Å². The summed E-state index contributed by atoms with van der Waals surface area (Å²) in [4.78, 5) is 25.1. The molecule has 0 unspecified atom stereocenters. The molecule has 0 amide bonds. The van der Waals surface area contributed by atoms with E-state index < -0.39 is 11.4 Å². The van der Waals surface area contributed by atoms with E-state index in [1.165, 1.54) is 0 Å². The summed E-state index contributed by atoms with van der Waals surface area (Å²) in [6, 6.07) is 19.4. The van der Waals surface area contributed by atoms with Gasteiger partial charge in [0.2, 0.25) is 5.78 Å². The van der Waals surface area contributed by atoms with Gasteiger partial charge in [-0.15, -0.1) is 0 Å². The van der Waals surface area contributed by atoms with E-state index in [2.05, 4.69) is 0 Å². The summed E-state index contributed by atoms with van der Waals surface area (Å²) >= 11 is 0. The lowest BCUT2D eigenvalue weighted by Crippen LogP contribution is -2.17. The van der Waals surface area contributed by atoms with Gasteiger partial charge in [-0.1, -0.05) is 60.7 Å². The third-order valence-electron chi connectivity index (χ3n) is 3.54. The number of ether oxygens (including phenoxy) is 1. The van der Waals surface area contributed by atoms with Crippen LogP contribution in [-0.4, -0.2) is 12.4 Å². The summed E-state index contributed by atoms with van der Waals surface area (Å²) < 4.78 is 10.9. The minimum absolute atomic E-state index is 0.0808. The Hall–Kier alpha value is -3.14. The van der Waals surface area contributed by atoms with Gasteiger partial charge in [0.25, 0.3) is 0 Å². The molecule has 0 bridgehead atoms. The Morgan fingerprint density at radius 1 is 1.00 bits per heavy atom. The van der Waals surface area contributed by atoms with E-state index in [4.69, 9.17) is 9.15 Å². The molecular weight excluding hydrogens is 304 g/mol. The summed E-state index contributed by atoms with van der Waals surface area (Å²) in [5.41, 5.74) is 0.379. The third kappa shape index (κ3) is 3.13. The number of carbonyl (C=O) groups is 1. The molecular formula is C20H16O4. The number of hydrogen-bond donors (Lipinski definition) is 0. The predicted molar refractivity (Wildman–Crippen MR) is 91.5 cm³/mol. The van der Waals surface area contributed by atoms with Gasteiger partial charge in [0, 0.05) is 17.2 Å². The van der Waals surface area contributed by atoms with Gasteiger partial charge in [-0.25, -0.2) is 4.79 Å². The Kier molecular flexibility index (Phi) is 4.57. The average molecular weight is 320 g/mol. The third-order valence-corrected chi connectivity index (χ3v) is 3.54. The maximum atomic E-state index is 12.7. The zero-order valence-corrected chi connectivity index (χ0v) is 13.2. The molecule has 0 N–H and O–H groups in total. The van der Waals surface area contributed by atoms with Gasteiger partial charge in [-0.3, -0.25) is 4.79 Å². The summed E-state index contributed by atoms with van der Waals surface area (Å²) in [7, 11) is 0. The molecule has 0 aliphatic carbocycles. The van der Waals surface area contributed by atoms with Crippen molar-refractivity contribution in [3.8, 4) is 17.1 Å². The molecule has 0 atom stereocenters. The minimum Gasteiger partial charge on any atom is -0.493 e. The fraction of sp³-hybridized carbons (Fsp3) is 0.100. The van der Waals surface area contributed by atoms with E-state index in [1.54, 1.807) is 43.3 Å². The van der Waals surface area contributed by atoms with Gasteiger partial charge in [0.1, 0.15) is 17.1 Å². The molecule has 0 fully saturated rings. The van der Waals surface area contributed by atoms with Crippen molar-refractivity contribution in [2.75, 3.05) is 6.61 Å². The van der Waals surface area contributed by atoms with Gasteiger partial charge in [0.05, 0.1) is 6.61 Å². The molecule has 0 aliphatic heterocycles. The van der Waals surface area contributed by atoms with Crippen molar-refractivity contribution in [1.29, 1.82) is 0 Å². The number of hydrogen-bond acceptors (Lipinski definition) is 4. The molecule has 4 heteroatoms. The van der Waals surface area contributed by atoms with E-state index >= 15 is 0 Å². The predicted octanol–water partition coefficient (Wildman–Crippen LogP) is 3.94. The second kappa shape index (κ2) is 6.96. The van der Waals surface area contributed by atoms with Gasteiger partial charge in [-0.05, 0) is 6.92 Å². The summed E-state index contributed by atoms with van der Waals surface area (Å²) in [6.45, 7) is 2.14. The van der Waals surface area contributed by atoms with E-state index in [1.807, 2.05) is 30.3 Å². The average Bonchev–Trinajstić information content (AvgIpc) is 2.63. The number of carbonyl (C=O) groups excluding carboxylic acids is 1. The van der Waals surface area contributed by atoms with E-state index in [0.29, 0.717) is 17.9 Å². The highest BCUT2D eigenvalue weighted by molar-refractivity contribution is 6.10. The van der Waals surface area contributed by atoms with E-state index in [9.17, 15) is 9.59 Å². The molecule has 0 spiro atoms. The normalized spacial score (nSPS) is 10.4. The van der Waals surface area contributed by atoms with Crippen LogP contribution in [0.15, 0.2) is 75.9 Å². The highest BCUT2D eigenvalue weighted by atomic mass is 16.5. The molecule has 24 heavy (non-hydrogen) atoms.